The molecule has 0 aliphatic heterocycles. The maximum atomic E-state index is 12.0. The van der Waals surface area contributed by atoms with Crippen LogP contribution in [-0.2, 0) is 0 Å². The quantitative estimate of drug-likeness (QED) is 0.436. The molecule has 3 aromatic rings. The summed E-state index contributed by atoms with van der Waals surface area (Å²) in [6, 6.07) is 14.7. The second kappa shape index (κ2) is 8.93. The summed E-state index contributed by atoms with van der Waals surface area (Å²) < 4.78 is 5.94. The number of nitrogens with zero attached hydrogens (tertiary/aromatic N) is 1. The third-order valence-corrected chi connectivity index (χ3v) is 4.71. The number of carbonyl (C=O) groups is 1. The van der Waals surface area contributed by atoms with E-state index < -0.39 is 0 Å². The van der Waals surface area contributed by atoms with Crippen LogP contribution in [-0.4, -0.2) is 16.0 Å². The highest BCUT2D eigenvalue weighted by molar-refractivity contribution is 6.30. The van der Waals surface area contributed by atoms with E-state index >= 15 is 0 Å². The molecule has 0 aliphatic rings. The monoisotopic (exact) mass is 397 g/mol. The van der Waals surface area contributed by atoms with Crippen molar-refractivity contribution in [2.75, 3.05) is 5.32 Å². The molecule has 2 aromatic carbocycles. The highest BCUT2D eigenvalue weighted by Gasteiger charge is 2.19. The molecule has 0 fully saturated rings. The van der Waals surface area contributed by atoms with Gasteiger partial charge >= 0.3 is 0 Å². The standard InChI is InChI=1S/C22H24ClN3O2/c1-4-6-20(27)16-9-11-18(12-10-16)24-14(2)21-15(3)25-26-22(21)28-19-8-5-7-17(23)13-19/h5,7-14,24H,4,6H2,1-3H3,(H,25,26). The number of rotatable bonds is 8. The van der Waals surface area contributed by atoms with Crippen molar-refractivity contribution >= 4 is 23.1 Å². The van der Waals surface area contributed by atoms with E-state index in [0.29, 0.717) is 23.1 Å². The second-order valence-electron chi connectivity index (χ2n) is 6.74. The molecule has 28 heavy (non-hydrogen) atoms. The van der Waals surface area contributed by atoms with Crippen molar-refractivity contribution in [2.24, 2.45) is 0 Å². The lowest BCUT2D eigenvalue weighted by atomic mass is 10.1. The third kappa shape index (κ3) is 4.73. The molecule has 6 heteroatoms. The molecule has 146 valence electrons. The molecule has 1 unspecified atom stereocenters. The molecule has 0 spiro atoms. The summed E-state index contributed by atoms with van der Waals surface area (Å²) in [7, 11) is 0. The number of ether oxygens (including phenoxy) is 1. The molecule has 5 nitrogen and oxygen atoms in total. The average Bonchev–Trinajstić information content (AvgIpc) is 3.02. The first-order valence-corrected chi connectivity index (χ1v) is 9.73. The fraction of sp³-hybridized carbons (Fsp3) is 0.273. The number of carbonyl (C=O) groups excluding carboxylic acids is 1. The molecule has 3 rings (SSSR count). The number of aromatic amines is 1. The lowest BCUT2D eigenvalue weighted by Crippen LogP contribution is -2.08. The topological polar surface area (TPSA) is 67.0 Å². The predicted molar refractivity (Wildman–Crippen MR) is 113 cm³/mol. The summed E-state index contributed by atoms with van der Waals surface area (Å²) in [5.41, 5.74) is 3.53. The Bertz CT molecular complexity index is 951. The molecule has 1 atom stereocenters. The Hall–Kier alpha value is -2.79. The number of ketones is 1. The van der Waals surface area contributed by atoms with Crippen molar-refractivity contribution in [2.45, 2.75) is 39.7 Å². The van der Waals surface area contributed by atoms with Gasteiger partial charge in [0.25, 0.3) is 0 Å². The molecule has 1 heterocycles. The summed E-state index contributed by atoms with van der Waals surface area (Å²) >= 11 is 6.04. The number of Topliss-reactive ketones (excluding diaryl/α,β-unsaturated/α-hetero) is 1. The summed E-state index contributed by atoms with van der Waals surface area (Å²) in [6.45, 7) is 6.00. The van der Waals surface area contributed by atoms with Crippen molar-refractivity contribution in [1.29, 1.82) is 0 Å². The minimum absolute atomic E-state index is 0.0508. The van der Waals surface area contributed by atoms with Gasteiger partial charge in [0.15, 0.2) is 5.78 Å². The zero-order valence-corrected chi connectivity index (χ0v) is 17.0. The number of aromatic nitrogens is 2. The molecule has 0 bridgehead atoms. The van der Waals surface area contributed by atoms with E-state index in [9.17, 15) is 4.79 Å². The molecule has 0 radical (unpaired) electrons. The summed E-state index contributed by atoms with van der Waals surface area (Å²) in [5, 5.41) is 11.3. The molecule has 0 saturated carbocycles. The van der Waals surface area contributed by atoms with Crippen LogP contribution >= 0.6 is 11.6 Å². The van der Waals surface area contributed by atoms with Crippen molar-refractivity contribution in [1.82, 2.24) is 10.2 Å². The van der Waals surface area contributed by atoms with E-state index in [1.807, 2.05) is 57.2 Å². The van der Waals surface area contributed by atoms with E-state index in [0.717, 1.165) is 28.9 Å². The number of hydrogen-bond donors (Lipinski definition) is 2. The van der Waals surface area contributed by atoms with Gasteiger partial charge < -0.3 is 10.1 Å². The Kier molecular flexibility index (Phi) is 6.37. The second-order valence-corrected chi connectivity index (χ2v) is 7.18. The van der Waals surface area contributed by atoms with Gasteiger partial charge in [0.1, 0.15) is 5.75 Å². The van der Waals surface area contributed by atoms with Crippen LogP contribution in [0.25, 0.3) is 0 Å². The van der Waals surface area contributed by atoms with Gasteiger partial charge in [0.05, 0.1) is 11.6 Å². The van der Waals surface area contributed by atoms with Gasteiger partial charge in [-0.2, -0.15) is 0 Å². The first kappa shape index (κ1) is 20.0. The Morgan fingerprint density at radius 1 is 1.25 bits per heavy atom. The zero-order valence-electron chi connectivity index (χ0n) is 16.3. The highest BCUT2D eigenvalue weighted by atomic mass is 35.5. The number of H-pyrrole nitrogens is 1. The van der Waals surface area contributed by atoms with Crippen LogP contribution in [0.2, 0.25) is 5.02 Å². The number of benzene rings is 2. The first-order chi connectivity index (χ1) is 13.5. The van der Waals surface area contributed by atoms with Gasteiger partial charge in [-0.15, -0.1) is 5.10 Å². The van der Waals surface area contributed by atoms with E-state index in [1.54, 1.807) is 12.1 Å². The SMILES string of the molecule is CCCC(=O)c1ccc(NC(C)c2c(Oc3cccc(Cl)c3)n[nH]c2C)cc1. The van der Waals surface area contributed by atoms with Gasteiger partial charge in [0.2, 0.25) is 5.88 Å². The van der Waals surface area contributed by atoms with Gasteiger partial charge in [0, 0.05) is 28.4 Å². The molecule has 0 amide bonds. The normalized spacial score (nSPS) is 11.9. The minimum atomic E-state index is -0.0508. The van der Waals surface area contributed by atoms with Crippen LogP contribution in [0.1, 0.15) is 54.3 Å². The number of hydrogen-bond acceptors (Lipinski definition) is 4. The maximum absolute atomic E-state index is 12.0. The fourth-order valence-corrected chi connectivity index (χ4v) is 3.27. The van der Waals surface area contributed by atoms with Crippen LogP contribution in [0.4, 0.5) is 5.69 Å². The van der Waals surface area contributed by atoms with Crippen LogP contribution in [0.5, 0.6) is 11.6 Å². The van der Waals surface area contributed by atoms with Crippen molar-refractivity contribution < 1.29 is 9.53 Å². The van der Waals surface area contributed by atoms with Gasteiger partial charge in [-0.25, -0.2) is 0 Å². The zero-order chi connectivity index (χ0) is 20.1. The summed E-state index contributed by atoms with van der Waals surface area (Å²) in [6.07, 6.45) is 1.42. The molecular weight excluding hydrogens is 374 g/mol. The average molecular weight is 398 g/mol. The molecule has 0 aliphatic carbocycles. The van der Waals surface area contributed by atoms with E-state index in [4.69, 9.17) is 16.3 Å². The van der Waals surface area contributed by atoms with E-state index in [2.05, 4.69) is 15.5 Å². The van der Waals surface area contributed by atoms with Gasteiger partial charge in [-0.05, 0) is 62.7 Å². The fourth-order valence-electron chi connectivity index (χ4n) is 3.09. The molecule has 2 N–H and O–H groups in total. The van der Waals surface area contributed by atoms with Crippen LogP contribution in [0.15, 0.2) is 48.5 Å². The Balaban J connectivity index is 1.75. The van der Waals surface area contributed by atoms with Crippen molar-refractivity contribution in [3.05, 3.63) is 70.4 Å². The van der Waals surface area contributed by atoms with Crippen LogP contribution < -0.4 is 10.1 Å². The molecule has 1 aromatic heterocycles. The van der Waals surface area contributed by atoms with E-state index in [1.165, 1.54) is 0 Å². The number of nitrogens with one attached hydrogen (secondary N) is 2. The molecule has 0 saturated heterocycles. The predicted octanol–water partition coefficient (Wildman–Crippen LogP) is 6.32. The number of halogens is 1. The number of anilines is 1. The largest absolute Gasteiger partial charge is 0.437 e. The Morgan fingerprint density at radius 2 is 2.00 bits per heavy atom. The Labute approximate surface area is 170 Å². The molecular formula is C22H24ClN3O2. The van der Waals surface area contributed by atoms with Gasteiger partial charge in [-0.3, -0.25) is 9.89 Å². The van der Waals surface area contributed by atoms with Crippen LogP contribution in [0.3, 0.4) is 0 Å². The smallest absolute Gasteiger partial charge is 0.243 e. The highest BCUT2D eigenvalue weighted by Crippen LogP contribution is 2.32. The summed E-state index contributed by atoms with van der Waals surface area (Å²) in [4.78, 5) is 12.0. The third-order valence-electron chi connectivity index (χ3n) is 4.47. The minimum Gasteiger partial charge on any atom is -0.437 e. The first-order valence-electron chi connectivity index (χ1n) is 9.36. The van der Waals surface area contributed by atoms with Crippen molar-refractivity contribution in [3.8, 4) is 11.6 Å². The lowest BCUT2D eigenvalue weighted by molar-refractivity contribution is 0.0982. The summed E-state index contributed by atoms with van der Waals surface area (Å²) in [5.74, 6) is 1.31. The van der Waals surface area contributed by atoms with E-state index in [-0.39, 0.29) is 11.8 Å². The lowest BCUT2D eigenvalue weighted by Gasteiger charge is -2.17. The van der Waals surface area contributed by atoms with Crippen molar-refractivity contribution in [3.63, 3.8) is 0 Å². The Morgan fingerprint density at radius 3 is 2.68 bits per heavy atom. The van der Waals surface area contributed by atoms with Gasteiger partial charge in [-0.1, -0.05) is 24.6 Å². The maximum Gasteiger partial charge on any atom is 0.243 e. The van der Waals surface area contributed by atoms with Crippen LogP contribution in [0, 0.1) is 6.92 Å². The number of aryl methyl sites for hydroxylation is 1.